The first-order valence-electron chi connectivity index (χ1n) is 7.09. The molecule has 0 aliphatic heterocycles. The van der Waals surface area contributed by atoms with E-state index in [1.165, 1.54) is 0 Å². The molecule has 0 radical (unpaired) electrons. The molecule has 1 aromatic rings. The maximum absolute atomic E-state index is 12.6. The predicted octanol–water partition coefficient (Wildman–Crippen LogP) is 4.47. The monoisotopic (exact) mass is 281 g/mol. The topological polar surface area (TPSA) is 20.3 Å². The van der Waals surface area contributed by atoms with E-state index in [1.807, 2.05) is 29.2 Å². The molecule has 0 aliphatic carbocycles. The lowest BCUT2D eigenvalue weighted by Crippen LogP contribution is -2.39. The molecule has 19 heavy (non-hydrogen) atoms. The minimum Gasteiger partial charge on any atom is -0.336 e. The number of alkyl halides is 1. The summed E-state index contributed by atoms with van der Waals surface area (Å²) in [6.07, 6.45) is 3.12. The van der Waals surface area contributed by atoms with Gasteiger partial charge in [-0.2, -0.15) is 0 Å². The van der Waals surface area contributed by atoms with Crippen LogP contribution < -0.4 is 0 Å². The van der Waals surface area contributed by atoms with Crippen LogP contribution in [0.1, 0.15) is 56.0 Å². The van der Waals surface area contributed by atoms with E-state index in [9.17, 15) is 4.79 Å². The molecule has 0 aliphatic rings. The molecule has 1 aromatic carbocycles. The first-order chi connectivity index (χ1) is 9.13. The van der Waals surface area contributed by atoms with E-state index in [-0.39, 0.29) is 11.9 Å². The van der Waals surface area contributed by atoms with Crippen molar-refractivity contribution >= 4 is 17.5 Å². The molecule has 0 saturated heterocycles. The van der Waals surface area contributed by atoms with Crippen LogP contribution in [-0.4, -0.2) is 23.4 Å². The molecule has 106 valence electrons. The first-order valence-corrected chi connectivity index (χ1v) is 7.63. The lowest BCUT2D eigenvalue weighted by molar-refractivity contribution is 0.0685. The summed E-state index contributed by atoms with van der Waals surface area (Å²) in [7, 11) is 0. The van der Waals surface area contributed by atoms with Gasteiger partial charge in [0.25, 0.3) is 5.91 Å². The Morgan fingerprint density at radius 1 is 1.37 bits per heavy atom. The van der Waals surface area contributed by atoms with Crippen LogP contribution in [0.2, 0.25) is 0 Å². The van der Waals surface area contributed by atoms with Gasteiger partial charge in [0, 0.05) is 24.0 Å². The first kappa shape index (κ1) is 16.0. The van der Waals surface area contributed by atoms with Crippen molar-refractivity contribution in [3.05, 3.63) is 35.4 Å². The van der Waals surface area contributed by atoms with E-state index in [4.69, 9.17) is 11.6 Å². The Balaban J connectivity index is 2.90. The summed E-state index contributed by atoms with van der Waals surface area (Å²) in [6.45, 7) is 7.20. The highest BCUT2D eigenvalue weighted by atomic mass is 35.5. The third-order valence-corrected chi connectivity index (χ3v) is 3.77. The number of amides is 1. The second-order valence-electron chi connectivity index (χ2n) is 4.94. The van der Waals surface area contributed by atoms with E-state index >= 15 is 0 Å². The Hall–Kier alpha value is -1.02. The maximum Gasteiger partial charge on any atom is 0.254 e. The van der Waals surface area contributed by atoms with Crippen LogP contribution in [0.3, 0.4) is 0 Å². The Morgan fingerprint density at radius 3 is 2.68 bits per heavy atom. The van der Waals surface area contributed by atoms with E-state index in [0.717, 1.165) is 36.9 Å². The molecule has 0 bridgehead atoms. The second-order valence-corrected chi connectivity index (χ2v) is 5.21. The van der Waals surface area contributed by atoms with Gasteiger partial charge in [-0.15, -0.1) is 11.6 Å². The van der Waals surface area contributed by atoms with Crippen LogP contribution in [0.25, 0.3) is 0 Å². The van der Waals surface area contributed by atoms with Crippen molar-refractivity contribution in [1.29, 1.82) is 0 Å². The van der Waals surface area contributed by atoms with Crippen LogP contribution in [0.5, 0.6) is 0 Å². The molecular formula is C16H24ClNO. The van der Waals surface area contributed by atoms with Crippen molar-refractivity contribution < 1.29 is 4.79 Å². The van der Waals surface area contributed by atoms with E-state index in [0.29, 0.717) is 5.88 Å². The SMILES string of the molecule is CCCCN(C(=O)c1cccc(CCl)c1)C(C)CC. The number of carbonyl (C=O) groups is 1. The molecule has 0 saturated carbocycles. The van der Waals surface area contributed by atoms with Gasteiger partial charge in [0.2, 0.25) is 0 Å². The zero-order valence-electron chi connectivity index (χ0n) is 12.2. The van der Waals surface area contributed by atoms with Gasteiger partial charge in [0.15, 0.2) is 0 Å². The number of hydrogen-bond acceptors (Lipinski definition) is 1. The Labute approximate surface area is 121 Å². The summed E-state index contributed by atoms with van der Waals surface area (Å²) in [5.74, 6) is 0.564. The number of halogens is 1. The van der Waals surface area contributed by atoms with Gasteiger partial charge in [-0.3, -0.25) is 4.79 Å². The molecule has 0 spiro atoms. The van der Waals surface area contributed by atoms with Gasteiger partial charge in [0.1, 0.15) is 0 Å². The van der Waals surface area contributed by atoms with Gasteiger partial charge in [-0.1, -0.05) is 32.4 Å². The number of nitrogens with zero attached hydrogens (tertiary/aromatic N) is 1. The molecule has 1 amide bonds. The average molecular weight is 282 g/mol. The molecule has 0 aromatic heterocycles. The molecular weight excluding hydrogens is 258 g/mol. The number of benzene rings is 1. The quantitative estimate of drug-likeness (QED) is 0.676. The van der Waals surface area contributed by atoms with Crippen molar-refractivity contribution in [2.45, 2.75) is 52.0 Å². The predicted molar refractivity (Wildman–Crippen MR) is 81.7 cm³/mol. The molecule has 0 N–H and O–H groups in total. The molecule has 0 fully saturated rings. The maximum atomic E-state index is 12.6. The van der Waals surface area contributed by atoms with E-state index < -0.39 is 0 Å². The fraction of sp³-hybridized carbons (Fsp3) is 0.562. The summed E-state index contributed by atoms with van der Waals surface area (Å²) >= 11 is 5.83. The highest BCUT2D eigenvalue weighted by Gasteiger charge is 2.19. The van der Waals surface area contributed by atoms with Gasteiger partial charge in [-0.05, 0) is 37.5 Å². The fourth-order valence-electron chi connectivity index (χ4n) is 2.02. The zero-order valence-corrected chi connectivity index (χ0v) is 12.9. The Bertz CT molecular complexity index is 405. The van der Waals surface area contributed by atoms with E-state index in [2.05, 4.69) is 20.8 Å². The van der Waals surface area contributed by atoms with Crippen molar-refractivity contribution in [3.63, 3.8) is 0 Å². The van der Waals surface area contributed by atoms with E-state index in [1.54, 1.807) is 0 Å². The third kappa shape index (κ3) is 4.54. The molecule has 3 heteroatoms. The molecule has 1 atom stereocenters. The minimum absolute atomic E-state index is 0.120. The molecule has 1 unspecified atom stereocenters. The average Bonchev–Trinajstić information content (AvgIpc) is 2.47. The van der Waals surface area contributed by atoms with Crippen LogP contribution >= 0.6 is 11.6 Å². The fourth-order valence-corrected chi connectivity index (χ4v) is 2.19. The number of carbonyl (C=O) groups excluding carboxylic acids is 1. The van der Waals surface area contributed by atoms with Crippen molar-refractivity contribution in [3.8, 4) is 0 Å². The lowest BCUT2D eigenvalue weighted by atomic mass is 10.1. The van der Waals surface area contributed by atoms with Gasteiger partial charge in [-0.25, -0.2) is 0 Å². The Morgan fingerprint density at radius 2 is 2.11 bits per heavy atom. The number of unbranched alkanes of at least 4 members (excludes halogenated alkanes) is 1. The number of hydrogen-bond donors (Lipinski definition) is 0. The summed E-state index contributed by atoms with van der Waals surface area (Å²) in [5, 5.41) is 0. The zero-order chi connectivity index (χ0) is 14.3. The van der Waals surface area contributed by atoms with Gasteiger partial charge >= 0.3 is 0 Å². The summed E-state index contributed by atoms with van der Waals surface area (Å²) in [6, 6.07) is 7.90. The summed E-state index contributed by atoms with van der Waals surface area (Å²) in [4.78, 5) is 14.6. The van der Waals surface area contributed by atoms with Crippen LogP contribution in [-0.2, 0) is 5.88 Å². The minimum atomic E-state index is 0.120. The highest BCUT2D eigenvalue weighted by Crippen LogP contribution is 2.14. The standard InChI is InChI=1S/C16H24ClNO/c1-4-6-10-18(13(3)5-2)16(19)15-9-7-8-14(11-15)12-17/h7-9,11,13H,4-6,10,12H2,1-3H3. The summed E-state index contributed by atoms with van der Waals surface area (Å²) < 4.78 is 0. The normalized spacial score (nSPS) is 12.2. The van der Waals surface area contributed by atoms with Crippen LogP contribution in [0.15, 0.2) is 24.3 Å². The van der Waals surface area contributed by atoms with Gasteiger partial charge in [0.05, 0.1) is 0 Å². The lowest BCUT2D eigenvalue weighted by Gasteiger charge is -2.28. The van der Waals surface area contributed by atoms with Crippen molar-refractivity contribution in [2.75, 3.05) is 6.54 Å². The summed E-state index contributed by atoms with van der Waals surface area (Å²) in [5.41, 5.74) is 1.74. The van der Waals surface area contributed by atoms with Crippen molar-refractivity contribution in [1.82, 2.24) is 4.90 Å². The highest BCUT2D eigenvalue weighted by molar-refractivity contribution is 6.17. The van der Waals surface area contributed by atoms with Crippen molar-refractivity contribution in [2.24, 2.45) is 0 Å². The third-order valence-electron chi connectivity index (χ3n) is 3.46. The van der Waals surface area contributed by atoms with Gasteiger partial charge < -0.3 is 4.90 Å². The smallest absolute Gasteiger partial charge is 0.254 e. The largest absolute Gasteiger partial charge is 0.336 e. The Kier molecular flexibility index (Phi) is 6.93. The molecule has 0 heterocycles. The molecule has 1 rings (SSSR count). The van der Waals surface area contributed by atoms with Crippen LogP contribution in [0.4, 0.5) is 0 Å². The number of rotatable bonds is 7. The van der Waals surface area contributed by atoms with Crippen LogP contribution in [0, 0.1) is 0 Å². The molecule has 2 nitrogen and oxygen atoms in total. The second kappa shape index (κ2) is 8.21.